The predicted octanol–water partition coefficient (Wildman–Crippen LogP) is 4.44. The molecule has 0 aliphatic carbocycles. The van der Waals surface area contributed by atoms with Crippen LogP contribution in [0.1, 0.15) is 26.3 Å². The van der Waals surface area contributed by atoms with Crippen molar-refractivity contribution in [3.63, 3.8) is 0 Å². The Morgan fingerprint density at radius 2 is 1.52 bits per heavy atom. The molecule has 0 heterocycles. The first-order valence-corrected chi connectivity index (χ1v) is 8.45. The summed E-state index contributed by atoms with van der Waals surface area (Å²) < 4.78 is 27.7. The minimum Gasteiger partial charge on any atom is -0.279 e. The third-order valence-corrected chi connectivity index (χ3v) is 4.97. The molecule has 5 heteroatoms. The summed E-state index contributed by atoms with van der Waals surface area (Å²) in [5.41, 5.74) is 1.34. The predicted molar refractivity (Wildman–Crippen MR) is 87.4 cm³/mol. The Labute approximate surface area is 131 Å². The molecule has 112 valence electrons. The summed E-state index contributed by atoms with van der Waals surface area (Å²) in [4.78, 5) is 0.0791. The Balaban J connectivity index is 2.46. The average molecular weight is 324 g/mol. The van der Waals surface area contributed by atoms with Crippen LogP contribution in [-0.4, -0.2) is 8.42 Å². The fourth-order valence-corrected chi connectivity index (χ4v) is 3.69. The standard InChI is InChI=1S/C16H18ClNO2S/c1-16(2,3)12-8-4-6-10-14(12)18-21(19,20)15-11-7-5-9-13(15)17/h4-11,18H,1-3H3. The fourth-order valence-electron chi connectivity index (χ4n) is 2.09. The SMILES string of the molecule is CC(C)(C)c1ccccc1NS(=O)(=O)c1ccccc1Cl. The number of nitrogens with one attached hydrogen (secondary N) is 1. The van der Waals surface area contributed by atoms with Crippen molar-refractivity contribution in [1.82, 2.24) is 0 Å². The Morgan fingerprint density at radius 3 is 2.14 bits per heavy atom. The van der Waals surface area contributed by atoms with Gasteiger partial charge in [0.15, 0.2) is 0 Å². The van der Waals surface area contributed by atoms with Crippen LogP contribution in [0.15, 0.2) is 53.4 Å². The van der Waals surface area contributed by atoms with Crippen LogP contribution < -0.4 is 4.72 Å². The van der Waals surface area contributed by atoms with Crippen LogP contribution >= 0.6 is 11.6 Å². The maximum Gasteiger partial charge on any atom is 0.263 e. The van der Waals surface area contributed by atoms with Gasteiger partial charge in [-0.25, -0.2) is 8.42 Å². The molecule has 0 aromatic heterocycles. The van der Waals surface area contributed by atoms with Crippen LogP contribution in [0, 0.1) is 0 Å². The smallest absolute Gasteiger partial charge is 0.263 e. The third kappa shape index (κ3) is 3.57. The Kier molecular flexibility index (Phi) is 4.30. The molecule has 0 radical (unpaired) electrons. The maximum absolute atomic E-state index is 12.5. The molecule has 0 aliphatic rings. The lowest BCUT2D eigenvalue weighted by Crippen LogP contribution is -2.19. The summed E-state index contributed by atoms with van der Waals surface area (Å²) in [6, 6.07) is 13.8. The first-order valence-electron chi connectivity index (χ1n) is 6.59. The van der Waals surface area contributed by atoms with Gasteiger partial charge >= 0.3 is 0 Å². The van der Waals surface area contributed by atoms with E-state index in [0.29, 0.717) is 5.69 Å². The first-order chi connectivity index (χ1) is 9.72. The molecule has 0 fully saturated rings. The van der Waals surface area contributed by atoms with E-state index in [4.69, 9.17) is 11.6 Å². The average Bonchev–Trinajstić information content (AvgIpc) is 2.38. The van der Waals surface area contributed by atoms with Crippen LogP contribution in [0.5, 0.6) is 0 Å². The number of anilines is 1. The van der Waals surface area contributed by atoms with E-state index < -0.39 is 10.0 Å². The van der Waals surface area contributed by atoms with Crippen LogP contribution in [0.25, 0.3) is 0 Å². The molecular formula is C16H18ClNO2S. The molecule has 2 aromatic carbocycles. The molecule has 0 unspecified atom stereocenters. The van der Waals surface area contributed by atoms with Crippen molar-refractivity contribution in [1.29, 1.82) is 0 Å². The lowest BCUT2D eigenvalue weighted by molar-refractivity contribution is 0.590. The van der Waals surface area contributed by atoms with Crippen LogP contribution in [0.4, 0.5) is 5.69 Å². The van der Waals surface area contributed by atoms with E-state index in [0.717, 1.165) is 5.56 Å². The topological polar surface area (TPSA) is 46.2 Å². The minimum absolute atomic E-state index is 0.0791. The highest BCUT2D eigenvalue weighted by atomic mass is 35.5. The molecular weight excluding hydrogens is 306 g/mol. The number of hydrogen-bond donors (Lipinski definition) is 1. The maximum atomic E-state index is 12.5. The number of hydrogen-bond acceptors (Lipinski definition) is 2. The Hall–Kier alpha value is -1.52. The summed E-state index contributed by atoms with van der Waals surface area (Å²) in [5.74, 6) is 0. The fraction of sp³-hybridized carbons (Fsp3) is 0.250. The molecule has 0 aliphatic heterocycles. The molecule has 0 bridgehead atoms. The molecule has 0 atom stereocenters. The van der Waals surface area contributed by atoms with Gasteiger partial charge in [-0.05, 0) is 29.2 Å². The summed E-state index contributed by atoms with van der Waals surface area (Å²) in [7, 11) is -3.71. The largest absolute Gasteiger partial charge is 0.279 e. The lowest BCUT2D eigenvalue weighted by atomic mass is 9.86. The molecule has 2 rings (SSSR count). The Bertz CT molecular complexity index is 749. The lowest BCUT2D eigenvalue weighted by Gasteiger charge is -2.23. The number of halogens is 1. The molecule has 2 aromatic rings. The van der Waals surface area contributed by atoms with E-state index >= 15 is 0 Å². The van der Waals surface area contributed by atoms with E-state index in [-0.39, 0.29) is 15.3 Å². The highest BCUT2D eigenvalue weighted by Crippen LogP contribution is 2.31. The van der Waals surface area contributed by atoms with Crippen molar-refractivity contribution in [2.75, 3.05) is 4.72 Å². The van der Waals surface area contributed by atoms with E-state index in [2.05, 4.69) is 4.72 Å². The van der Waals surface area contributed by atoms with Gasteiger partial charge in [0.1, 0.15) is 4.90 Å². The second-order valence-electron chi connectivity index (χ2n) is 5.83. The van der Waals surface area contributed by atoms with Gasteiger partial charge < -0.3 is 0 Å². The molecule has 0 spiro atoms. The van der Waals surface area contributed by atoms with Gasteiger partial charge in [0.2, 0.25) is 0 Å². The van der Waals surface area contributed by atoms with Crippen LogP contribution in [0.2, 0.25) is 5.02 Å². The minimum atomic E-state index is -3.71. The van der Waals surface area contributed by atoms with Gasteiger partial charge in [-0.3, -0.25) is 4.72 Å². The highest BCUT2D eigenvalue weighted by Gasteiger charge is 2.22. The summed E-state index contributed by atoms with van der Waals surface area (Å²) in [6.07, 6.45) is 0. The van der Waals surface area contributed by atoms with Crippen molar-refractivity contribution in [2.24, 2.45) is 0 Å². The number of rotatable bonds is 3. The summed E-state index contributed by atoms with van der Waals surface area (Å²) >= 11 is 5.99. The van der Waals surface area contributed by atoms with Gasteiger partial charge in [0, 0.05) is 0 Å². The second-order valence-corrected chi connectivity index (χ2v) is 7.89. The monoisotopic (exact) mass is 323 g/mol. The molecule has 0 saturated heterocycles. The second kappa shape index (κ2) is 5.70. The van der Waals surface area contributed by atoms with Crippen molar-refractivity contribution in [2.45, 2.75) is 31.1 Å². The van der Waals surface area contributed by atoms with Gasteiger partial charge in [-0.2, -0.15) is 0 Å². The number of sulfonamides is 1. The van der Waals surface area contributed by atoms with E-state index in [1.807, 2.05) is 32.9 Å². The number of para-hydroxylation sites is 1. The molecule has 21 heavy (non-hydrogen) atoms. The zero-order valence-corrected chi connectivity index (χ0v) is 13.8. The van der Waals surface area contributed by atoms with E-state index in [1.54, 1.807) is 30.3 Å². The van der Waals surface area contributed by atoms with Gasteiger partial charge in [0.05, 0.1) is 10.7 Å². The van der Waals surface area contributed by atoms with Gasteiger partial charge in [0.25, 0.3) is 10.0 Å². The molecule has 0 saturated carbocycles. The first kappa shape index (κ1) is 15.9. The molecule has 0 amide bonds. The van der Waals surface area contributed by atoms with Crippen molar-refractivity contribution < 1.29 is 8.42 Å². The Morgan fingerprint density at radius 1 is 0.952 bits per heavy atom. The molecule has 1 N–H and O–H groups in total. The van der Waals surface area contributed by atoms with E-state index in [1.165, 1.54) is 6.07 Å². The summed E-state index contributed by atoms with van der Waals surface area (Å²) in [5, 5.41) is 0.207. The van der Waals surface area contributed by atoms with Crippen molar-refractivity contribution in [3.05, 3.63) is 59.1 Å². The summed E-state index contributed by atoms with van der Waals surface area (Å²) in [6.45, 7) is 6.11. The number of benzene rings is 2. The normalized spacial score (nSPS) is 12.2. The van der Waals surface area contributed by atoms with Gasteiger partial charge in [-0.1, -0.05) is 62.7 Å². The zero-order valence-electron chi connectivity index (χ0n) is 12.2. The van der Waals surface area contributed by atoms with Crippen molar-refractivity contribution in [3.8, 4) is 0 Å². The van der Waals surface area contributed by atoms with Crippen LogP contribution in [-0.2, 0) is 15.4 Å². The molecule has 3 nitrogen and oxygen atoms in total. The quantitative estimate of drug-likeness (QED) is 0.907. The third-order valence-electron chi connectivity index (χ3n) is 3.11. The van der Waals surface area contributed by atoms with Crippen molar-refractivity contribution >= 4 is 27.3 Å². The zero-order chi connectivity index (χ0) is 15.7. The van der Waals surface area contributed by atoms with Gasteiger partial charge in [-0.15, -0.1) is 0 Å². The highest BCUT2D eigenvalue weighted by molar-refractivity contribution is 7.92. The van der Waals surface area contributed by atoms with E-state index in [9.17, 15) is 8.42 Å². The van der Waals surface area contributed by atoms with Crippen LogP contribution in [0.3, 0.4) is 0 Å².